The number of likely N-dealkylation sites (N-methyl/N-ethyl adjacent to an activating group) is 1. The molecular weight excluding hydrogens is 346 g/mol. The molecule has 0 unspecified atom stereocenters. The fraction of sp³-hybridized carbons (Fsp3) is 0.500. The number of halogens is 5. The molecule has 0 aliphatic rings. The van der Waals surface area contributed by atoms with Crippen molar-refractivity contribution in [1.29, 1.82) is 0 Å². The highest BCUT2D eigenvalue weighted by molar-refractivity contribution is 6.31. The van der Waals surface area contributed by atoms with E-state index in [4.69, 9.17) is 16.3 Å². The van der Waals surface area contributed by atoms with Crippen LogP contribution in [0.2, 0.25) is 5.02 Å². The van der Waals surface area contributed by atoms with Crippen molar-refractivity contribution in [3.63, 3.8) is 0 Å². The van der Waals surface area contributed by atoms with E-state index in [2.05, 4.69) is 15.6 Å². The first-order valence-electron chi connectivity index (χ1n) is 6.11. The van der Waals surface area contributed by atoms with E-state index in [1.807, 2.05) is 0 Å². The monoisotopic (exact) mass is 361 g/mol. The number of ether oxygens (including phenoxy) is 1. The van der Waals surface area contributed by atoms with Crippen LogP contribution >= 0.6 is 24.0 Å². The van der Waals surface area contributed by atoms with Gasteiger partial charge in [0.1, 0.15) is 5.02 Å². The van der Waals surface area contributed by atoms with Crippen molar-refractivity contribution in [3.05, 3.63) is 22.8 Å². The summed E-state index contributed by atoms with van der Waals surface area (Å²) in [5.74, 6) is -0.214. The maximum Gasteiger partial charge on any atom is 0.417 e. The molecule has 126 valence electrons. The maximum absolute atomic E-state index is 12.4. The second-order valence-electron chi connectivity index (χ2n) is 4.09. The third-order valence-electron chi connectivity index (χ3n) is 2.35. The lowest BCUT2D eigenvalue weighted by Gasteiger charge is -2.10. The molecule has 1 heterocycles. The van der Waals surface area contributed by atoms with E-state index in [1.165, 1.54) is 0 Å². The number of hydrogen-bond donors (Lipinski definition) is 2. The number of aromatic nitrogens is 1. The molecular formula is C12H16Cl2F3N3O2. The van der Waals surface area contributed by atoms with Gasteiger partial charge in [-0.2, -0.15) is 13.2 Å². The SMILES string of the molecule is CNCC(=O)NCCCOc1ncc(C(F)(F)F)cc1Cl.Cl. The number of nitrogens with one attached hydrogen (secondary N) is 2. The first-order chi connectivity index (χ1) is 9.84. The Labute approximate surface area is 137 Å². The molecule has 2 N–H and O–H groups in total. The smallest absolute Gasteiger partial charge is 0.417 e. The van der Waals surface area contributed by atoms with Gasteiger partial charge in [-0.3, -0.25) is 4.79 Å². The number of carbonyl (C=O) groups is 1. The number of nitrogens with zero attached hydrogens (tertiary/aromatic N) is 1. The van der Waals surface area contributed by atoms with Gasteiger partial charge in [0.15, 0.2) is 0 Å². The third kappa shape index (κ3) is 7.15. The quantitative estimate of drug-likeness (QED) is 0.731. The molecule has 0 saturated carbocycles. The summed E-state index contributed by atoms with van der Waals surface area (Å²) in [6.45, 7) is 0.782. The highest BCUT2D eigenvalue weighted by Crippen LogP contribution is 2.32. The number of rotatable bonds is 7. The molecule has 0 aliphatic heterocycles. The van der Waals surface area contributed by atoms with E-state index in [0.717, 1.165) is 6.07 Å². The normalized spacial score (nSPS) is 10.8. The third-order valence-corrected chi connectivity index (χ3v) is 2.62. The van der Waals surface area contributed by atoms with Crippen LogP contribution in [-0.2, 0) is 11.0 Å². The summed E-state index contributed by atoms with van der Waals surface area (Å²) in [7, 11) is 1.65. The molecule has 0 radical (unpaired) electrons. The second kappa shape index (κ2) is 9.70. The van der Waals surface area contributed by atoms with Gasteiger partial charge in [0.05, 0.1) is 18.7 Å². The Morgan fingerprint density at radius 2 is 2.14 bits per heavy atom. The Hall–Kier alpha value is -1.25. The summed E-state index contributed by atoms with van der Waals surface area (Å²) in [5, 5.41) is 5.12. The Morgan fingerprint density at radius 3 is 2.68 bits per heavy atom. The second-order valence-corrected chi connectivity index (χ2v) is 4.50. The minimum Gasteiger partial charge on any atom is -0.477 e. The summed E-state index contributed by atoms with van der Waals surface area (Å²) >= 11 is 5.67. The van der Waals surface area contributed by atoms with Crippen LogP contribution < -0.4 is 15.4 Å². The maximum atomic E-state index is 12.4. The van der Waals surface area contributed by atoms with Crippen molar-refractivity contribution in [1.82, 2.24) is 15.6 Å². The first-order valence-corrected chi connectivity index (χ1v) is 6.49. The Morgan fingerprint density at radius 1 is 1.45 bits per heavy atom. The molecule has 1 aromatic rings. The summed E-state index contributed by atoms with van der Waals surface area (Å²) in [6.07, 6.45) is -3.35. The molecule has 0 aromatic carbocycles. The summed E-state index contributed by atoms with van der Waals surface area (Å²) in [4.78, 5) is 14.6. The molecule has 1 rings (SSSR count). The fourth-order valence-electron chi connectivity index (χ4n) is 1.38. The topological polar surface area (TPSA) is 63.2 Å². The van der Waals surface area contributed by atoms with E-state index in [1.54, 1.807) is 7.05 Å². The van der Waals surface area contributed by atoms with Crippen LogP contribution in [-0.4, -0.2) is 37.6 Å². The van der Waals surface area contributed by atoms with Crippen LogP contribution in [0.1, 0.15) is 12.0 Å². The van der Waals surface area contributed by atoms with Crippen molar-refractivity contribution in [2.75, 3.05) is 26.7 Å². The highest BCUT2D eigenvalue weighted by atomic mass is 35.5. The lowest BCUT2D eigenvalue weighted by Crippen LogP contribution is -2.33. The van der Waals surface area contributed by atoms with Gasteiger partial charge in [-0.05, 0) is 19.5 Å². The molecule has 0 atom stereocenters. The molecule has 0 fully saturated rings. The fourth-order valence-corrected chi connectivity index (χ4v) is 1.60. The zero-order valence-electron chi connectivity index (χ0n) is 11.7. The van der Waals surface area contributed by atoms with Crippen LogP contribution in [0.3, 0.4) is 0 Å². The molecule has 1 amide bonds. The van der Waals surface area contributed by atoms with E-state index in [9.17, 15) is 18.0 Å². The Balaban J connectivity index is 0.00000441. The number of carbonyl (C=O) groups excluding carboxylic acids is 1. The molecule has 1 aromatic heterocycles. The molecule has 0 saturated heterocycles. The molecule has 10 heteroatoms. The Kier molecular flexibility index (Phi) is 9.15. The standard InChI is InChI=1S/C12H15ClF3N3O2.ClH/c1-17-7-10(20)18-3-2-4-21-11-9(13)5-8(6-19-11)12(14,15)16;/h5-6,17H,2-4,7H2,1H3,(H,18,20);1H. The minimum atomic E-state index is -4.49. The zero-order valence-corrected chi connectivity index (χ0v) is 13.2. The molecule has 5 nitrogen and oxygen atoms in total. The van der Waals surface area contributed by atoms with Crippen LogP contribution in [0.4, 0.5) is 13.2 Å². The predicted molar refractivity (Wildman–Crippen MR) is 78.5 cm³/mol. The largest absolute Gasteiger partial charge is 0.477 e. The summed E-state index contributed by atoms with van der Waals surface area (Å²) < 4.78 is 42.4. The van der Waals surface area contributed by atoms with Gasteiger partial charge in [0.25, 0.3) is 0 Å². The van der Waals surface area contributed by atoms with E-state index >= 15 is 0 Å². The highest BCUT2D eigenvalue weighted by Gasteiger charge is 2.31. The van der Waals surface area contributed by atoms with Crippen molar-refractivity contribution < 1.29 is 22.7 Å². The van der Waals surface area contributed by atoms with Crippen molar-refractivity contribution in [2.24, 2.45) is 0 Å². The number of alkyl halides is 3. The van der Waals surface area contributed by atoms with Crippen LogP contribution in [0.5, 0.6) is 5.88 Å². The average Bonchev–Trinajstić information content (AvgIpc) is 2.39. The van der Waals surface area contributed by atoms with Crippen molar-refractivity contribution >= 4 is 29.9 Å². The van der Waals surface area contributed by atoms with Crippen molar-refractivity contribution in [3.8, 4) is 5.88 Å². The number of hydrogen-bond acceptors (Lipinski definition) is 4. The first kappa shape index (κ1) is 20.8. The van der Waals surface area contributed by atoms with E-state index in [-0.39, 0.29) is 42.4 Å². The van der Waals surface area contributed by atoms with Crippen LogP contribution in [0, 0.1) is 0 Å². The molecule has 0 aliphatic carbocycles. The predicted octanol–water partition coefficient (Wildman–Crippen LogP) is 2.28. The van der Waals surface area contributed by atoms with Gasteiger partial charge in [0, 0.05) is 12.7 Å². The number of amides is 1. The average molecular weight is 362 g/mol. The summed E-state index contributed by atoms with van der Waals surface area (Å²) in [5.41, 5.74) is -0.931. The van der Waals surface area contributed by atoms with Crippen molar-refractivity contribution in [2.45, 2.75) is 12.6 Å². The summed E-state index contributed by atoms with van der Waals surface area (Å²) in [6, 6.07) is 0.762. The lowest BCUT2D eigenvalue weighted by atomic mass is 10.3. The lowest BCUT2D eigenvalue weighted by molar-refractivity contribution is -0.137. The van der Waals surface area contributed by atoms with Crippen LogP contribution in [0.15, 0.2) is 12.3 Å². The zero-order chi connectivity index (χ0) is 15.9. The van der Waals surface area contributed by atoms with Gasteiger partial charge < -0.3 is 15.4 Å². The van der Waals surface area contributed by atoms with Gasteiger partial charge in [-0.1, -0.05) is 11.6 Å². The minimum absolute atomic E-state index is 0. The van der Waals surface area contributed by atoms with Gasteiger partial charge in [-0.25, -0.2) is 4.98 Å². The molecule has 0 spiro atoms. The van der Waals surface area contributed by atoms with Gasteiger partial charge >= 0.3 is 6.18 Å². The molecule has 22 heavy (non-hydrogen) atoms. The Bertz CT molecular complexity index is 487. The molecule has 0 bridgehead atoms. The van der Waals surface area contributed by atoms with E-state index in [0.29, 0.717) is 19.2 Å². The van der Waals surface area contributed by atoms with Gasteiger partial charge in [0.2, 0.25) is 11.8 Å². The van der Waals surface area contributed by atoms with E-state index < -0.39 is 11.7 Å². The van der Waals surface area contributed by atoms with Gasteiger partial charge in [-0.15, -0.1) is 12.4 Å². The van der Waals surface area contributed by atoms with Crippen LogP contribution in [0.25, 0.3) is 0 Å². The number of pyridine rings is 1.